The van der Waals surface area contributed by atoms with Gasteiger partial charge in [0.05, 0.1) is 5.57 Å². The highest BCUT2D eigenvalue weighted by Crippen LogP contribution is 2.31. The van der Waals surface area contributed by atoms with Crippen molar-refractivity contribution in [2.75, 3.05) is 11.9 Å². The Kier molecular flexibility index (Phi) is 4.40. The van der Waals surface area contributed by atoms with E-state index in [0.29, 0.717) is 28.4 Å². The van der Waals surface area contributed by atoms with Gasteiger partial charge >= 0.3 is 0 Å². The molecule has 1 N–H and O–H groups in total. The SMILES string of the molecule is CCN1C(=O)C(Nc2cccc(C)c2)=C(c2ccc(Cl)cc2)C1=O. The molecule has 0 radical (unpaired) electrons. The van der Waals surface area contributed by atoms with Crippen molar-refractivity contribution in [2.45, 2.75) is 13.8 Å². The third kappa shape index (κ3) is 2.93. The molecule has 24 heavy (non-hydrogen) atoms. The van der Waals surface area contributed by atoms with Crippen LogP contribution in [0.2, 0.25) is 5.02 Å². The Balaban J connectivity index is 2.09. The first-order valence-electron chi connectivity index (χ1n) is 7.71. The van der Waals surface area contributed by atoms with Gasteiger partial charge in [0, 0.05) is 17.3 Å². The molecule has 0 aliphatic carbocycles. The summed E-state index contributed by atoms with van der Waals surface area (Å²) in [4.78, 5) is 26.6. The van der Waals surface area contributed by atoms with Crippen LogP contribution in [-0.4, -0.2) is 23.3 Å². The molecular formula is C19H17ClN2O2. The van der Waals surface area contributed by atoms with Gasteiger partial charge in [0.1, 0.15) is 5.70 Å². The number of nitrogens with one attached hydrogen (secondary N) is 1. The van der Waals surface area contributed by atoms with E-state index in [0.717, 1.165) is 11.3 Å². The van der Waals surface area contributed by atoms with Crippen molar-refractivity contribution >= 4 is 34.7 Å². The average Bonchev–Trinajstić information content (AvgIpc) is 2.79. The van der Waals surface area contributed by atoms with Gasteiger partial charge in [-0.05, 0) is 49.2 Å². The topological polar surface area (TPSA) is 49.4 Å². The molecule has 2 amide bonds. The molecule has 5 heteroatoms. The Morgan fingerprint density at radius 3 is 2.38 bits per heavy atom. The molecule has 1 aliphatic heterocycles. The maximum atomic E-state index is 12.7. The fraction of sp³-hybridized carbons (Fsp3) is 0.158. The van der Waals surface area contributed by atoms with Crippen LogP contribution < -0.4 is 5.32 Å². The van der Waals surface area contributed by atoms with Crippen LogP contribution in [-0.2, 0) is 9.59 Å². The molecule has 4 nitrogen and oxygen atoms in total. The number of benzene rings is 2. The lowest BCUT2D eigenvalue weighted by Gasteiger charge is -2.12. The van der Waals surface area contributed by atoms with E-state index in [1.54, 1.807) is 31.2 Å². The van der Waals surface area contributed by atoms with Crippen molar-refractivity contribution in [2.24, 2.45) is 0 Å². The Morgan fingerprint density at radius 1 is 1.04 bits per heavy atom. The zero-order valence-electron chi connectivity index (χ0n) is 13.5. The summed E-state index contributed by atoms with van der Waals surface area (Å²) in [5.41, 5.74) is 3.19. The van der Waals surface area contributed by atoms with Crippen molar-refractivity contribution in [3.05, 3.63) is 70.4 Å². The van der Waals surface area contributed by atoms with Crippen molar-refractivity contribution in [3.63, 3.8) is 0 Å². The third-order valence-corrected chi connectivity index (χ3v) is 4.16. The van der Waals surface area contributed by atoms with Gasteiger partial charge in [0.2, 0.25) is 0 Å². The minimum Gasteiger partial charge on any atom is -0.350 e. The summed E-state index contributed by atoms with van der Waals surface area (Å²) in [6, 6.07) is 14.6. The molecule has 0 saturated heterocycles. The molecule has 0 aromatic heterocycles. The fourth-order valence-corrected chi connectivity index (χ4v) is 2.86. The molecule has 0 atom stereocenters. The highest BCUT2D eigenvalue weighted by molar-refractivity contribution is 6.36. The van der Waals surface area contributed by atoms with Crippen molar-refractivity contribution in [1.29, 1.82) is 0 Å². The Bertz CT molecular complexity index is 841. The number of aryl methyl sites for hydroxylation is 1. The Hall–Kier alpha value is -2.59. The van der Waals surface area contributed by atoms with Crippen LogP contribution in [0, 0.1) is 6.92 Å². The standard InChI is InChI=1S/C19H17ClN2O2/c1-3-22-18(23)16(13-7-9-14(20)10-8-13)17(19(22)24)21-15-6-4-5-12(2)11-15/h4-11,21H,3H2,1-2H3. The first-order chi connectivity index (χ1) is 11.5. The lowest BCUT2D eigenvalue weighted by molar-refractivity contribution is -0.136. The normalized spacial score (nSPS) is 14.5. The van der Waals surface area contributed by atoms with Gasteiger partial charge in [0.25, 0.3) is 11.8 Å². The third-order valence-electron chi connectivity index (χ3n) is 3.90. The smallest absolute Gasteiger partial charge is 0.278 e. The molecule has 0 spiro atoms. The molecule has 1 aliphatic rings. The number of imide groups is 1. The zero-order chi connectivity index (χ0) is 17.3. The second kappa shape index (κ2) is 6.49. The molecule has 0 fully saturated rings. The molecule has 2 aromatic carbocycles. The number of carbonyl (C=O) groups excluding carboxylic acids is 2. The molecule has 1 heterocycles. The number of hydrogen-bond acceptors (Lipinski definition) is 3. The van der Waals surface area contributed by atoms with Crippen molar-refractivity contribution in [3.8, 4) is 0 Å². The van der Waals surface area contributed by atoms with E-state index in [9.17, 15) is 9.59 Å². The highest BCUT2D eigenvalue weighted by atomic mass is 35.5. The summed E-state index contributed by atoms with van der Waals surface area (Å²) in [6.45, 7) is 4.08. The maximum absolute atomic E-state index is 12.7. The van der Waals surface area contributed by atoms with Gasteiger partial charge in [-0.25, -0.2) is 0 Å². The molecule has 2 aromatic rings. The minimum absolute atomic E-state index is 0.292. The van der Waals surface area contributed by atoms with Crippen LogP contribution >= 0.6 is 11.6 Å². The van der Waals surface area contributed by atoms with Gasteiger partial charge in [0.15, 0.2) is 0 Å². The van der Waals surface area contributed by atoms with E-state index in [1.165, 1.54) is 4.90 Å². The number of anilines is 1. The molecule has 0 bridgehead atoms. The molecule has 122 valence electrons. The second-order valence-electron chi connectivity index (χ2n) is 5.61. The largest absolute Gasteiger partial charge is 0.350 e. The minimum atomic E-state index is -0.311. The number of amides is 2. The van der Waals surface area contributed by atoms with E-state index in [2.05, 4.69) is 5.32 Å². The summed E-state index contributed by atoms with van der Waals surface area (Å²) < 4.78 is 0. The Morgan fingerprint density at radius 2 is 1.75 bits per heavy atom. The lowest BCUT2D eigenvalue weighted by atomic mass is 10.0. The van der Waals surface area contributed by atoms with Gasteiger partial charge in [-0.3, -0.25) is 14.5 Å². The van der Waals surface area contributed by atoms with Gasteiger partial charge in [-0.15, -0.1) is 0 Å². The van der Waals surface area contributed by atoms with Gasteiger partial charge < -0.3 is 5.32 Å². The number of halogens is 1. The predicted octanol–water partition coefficient (Wildman–Crippen LogP) is 3.86. The van der Waals surface area contributed by atoms with E-state index in [1.807, 2.05) is 31.2 Å². The quantitative estimate of drug-likeness (QED) is 0.860. The Labute approximate surface area is 145 Å². The van der Waals surface area contributed by atoms with Crippen LogP contribution in [0.5, 0.6) is 0 Å². The monoisotopic (exact) mass is 340 g/mol. The van der Waals surface area contributed by atoms with Crippen molar-refractivity contribution in [1.82, 2.24) is 4.90 Å². The number of likely N-dealkylation sites (N-methyl/N-ethyl adjacent to an activating group) is 1. The zero-order valence-corrected chi connectivity index (χ0v) is 14.2. The number of hydrogen-bond donors (Lipinski definition) is 1. The summed E-state index contributed by atoms with van der Waals surface area (Å²) in [5, 5.41) is 3.70. The second-order valence-corrected chi connectivity index (χ2v) is 6.04. The molecule has 0 saturated carbocycles. The average molecular weight is 341 g/mol. The van der Waals surface area contributed by atoms with Crippen LogP contribution in [0.4, 0.5) is 5.69 Å². The number of rotatable bonds is 4. The van der Waals surface area contributed by atoms with Gasteiger partial charge in [-0.2, -0.15) is 0 Å². The number of nitrogens with zero attached hydrogens (tertiary/aromatic N) is 1. The number of carbonyl (C=O) groups is 2. The van der Waals surface area contributed by atoms with Gasteiger partial charge in [-0.1, -0.05) is 35.9 Å². The van der Waals surface area contributed by atoms with Crippen LogP contribution in [0.25, 0.3) is 5.57 Å². The van der Waals surface area contributed by atoms with E-state index in [-0.39, 0.29) is 11.8 Å². The summed E-state index contributed by atoms with van der Waals surface area (Å²) in [7, 11) is 0. The summed E-state index contributed by atoms with van der Waals surface area (Å²) >= 11 is 5.93. The molecule has 3 rings (SSSR count). The first kappa shape index (κ1) is 16.3. The summed E-state index contributed by atoms with van der Waals surface area (Å²) in [6.07, 6.45) is 0. The van der Waals surface area contributed by atoms with Crippen LogP contribution in [0.1, 0.15) is 18.1 Å². The van der Waals surface area contributed by atoms with E-state index < -0.39 is 0 Å². The highest BCUT2D eigenvalue weighted by Gasteiger charge is 2.38. The van der Waals surface area contributed by atoms with Crippen LogP contribution in [0.15, 0.2) is 54.2 Å². The predicted molar refractivity (Wildman–Crippen MR) is 95.6 cm³/mol. The molecular weight excluding hydrogens is 324 g/mol. The molecule has 0 unspecified atom stereocenters. The van der Waals surface area contributed by atoms with E-state index in [4.69, 9.17) is 11.6 Å². The fourth-order valence-electron chi connectivity index (χ4n) is 2.73. The lowest BCUT2D eigenvalue weighted by Crippen LogP contribution is -2.32. The first-order valence-corrected chi connectivity index (χ1v) is 8.09. The van der Waals surface area contributed by atoms with E-state index >= 15 is 0 Å². The van der Waals surface area contributed by atoms with Crippen molar-refractivity contribution < 1.29 is 9.59 Å². The van der Waals surface area contributed by atoms with Crippen LogP contribution in [0.3, 0.4) is 0 Å². The maximum Gasteiger partial charge on any atom is 0.278 e. The summed E-state index contributed by atoms with van der Waals surface area (Å²) in [5.74, 6) is -0.603.